The van der Waals surface area contributed by atoms with Crippen LogP contribution in [-0.2, 0) is 0 Å². The van der Waals surface area contributed by atoms with Gasteiger partial charge in [-0.2, -0.15) is 0 Å². The van der Waals surface area contributed by atoms with Crippen molar-refractivity contribution in [3.63, 3.8) is 0 Å². The lowest BCUT2D eigenvalue weighted by molar-refractivity contribution is -0.384. The van der Waals surface area contributed by atoms with Gasteiger partial charge in [-0.1, -0.05) is 11.8 Å². The number of rotatable bonds is 4. The molecule has 0 amide bonds. The highest BCUT2D eigenvalue weighted by Gasteiger charge is 2.14. The second-order valence-corrected chi connectivity index (χ2v) is 4.19. The van der Waals surface area contributed by atoms with Crippen LogP contribution in [0.4, 0.5) is 11.4 Å². The van der Waals surface area contributed by atoms with Crippen molar-refractivity contribution < 1.29 is 10.0 Å². The molecule has 0 fully saturated rings. The van der Waals surface area contributed by atoms with Crippen molar-refractivity contribution in [2.24, 2.45) is 5.84 Å². The van der Waals surface area contributed by atoms with Crippen molar-refractivity contribution in [1.82, 2.24) is 0 Å². The second-order valence-electron chi connectivity index (χ2n) is 2.80. The highest BCUT2D eigenvalue weighted by atomic mass is 32.2. The predicted octanol–water partition coefficient (Wildman–Crippen LogP) is 1.31. The van der Waals surface area contributed by atoms with Gasteiger partial charge in [0.25, 0.3) is 5.69 Å². The van der Waals surface area contributed by atoms with E-state index in [9.17, 15) is 10.1 Å². The zero-order valence-electron chi connectivity index (χ0n) is 8.01. The lowest BCUT2D eigenvalue weighted by Crippen LogP contribution is -2.09. The molecule has 7 heteroatoms. The Morgan fingerprint density at radius 2 is 2.33 bits per heavy atom. The Hall–Kier alpha value is -1.31. The molecule has 0 bridgehead atoms. The number of aliphatic hydroxyl groups is 1. The van der Waals surface area contributed by atoms with Crippen LogP contribution in [0.1, 0.15) is 6.92 Å². The smallest absolute Gasteiger partial charge is 0.294 e. The van der Waals surface area contributed by atoms with Crippen LogP contribution < -0.4 is 11.3 Å². The van der Waals surface area contributed by atoms with E-state index in [0.29, 0.717) is 4.90 Å². The van der Waals surface area contributed by atoms with Crippen LogP contribution in [-0.4, -0.2) is 15.5 Å². The van der Waals surface area contributed by atoms with Crippen LogP contribution in [0.5, 0.6) is 0 Å². The number of nitro benzene ring substituents is 1. The molecular formula is C8H11N3O3S. The minimum Gasteiger partial charge on any atom is -0.382 e. The van der Waals surface area contributed by atoms with Gasteiger partial charge >= 0.3 is 0 Å². The lowest BCUT2D eigenvalue weighted by atomic mass is 10.3. The standard InChI is InChI=1S/C8H11N3O3S/c1-5(12)15-6-2-3-7(10-9)8(4-6)11(13)14/h2-5,10,12H,9H2,1H3. The van der Waals surface area contributed by atoms with Gasteiger partial charge in [0, 0.05) is 11.0 Å². The Balaban J connectivity index is 3.05. The largest absolute Gasteiger partial charge is 0.382 e. The number of hydrogen-bond acceptors (Lipinski definition) is 6. The number of nitrogens with zero attached hydrogens (tertiary/aromatic N) is 1. The molecule has 6 nitrogen and oxygen atoms in total. The second kappa shape index (κ2) is 4.96. The molecule has 0 spiro atoms. The van der Waals surface area contributed by atoms with E-state index in [1.165, 1.54) is 12.1 Å². The predicted molar refractivity (Wildman–Crippen MR) is 58.4 cm³/mol. The van der Waals surface area contributed by atoms with Crippen molar-refractivity contribution in [2.75, 3.05) is 5.43 Å². The molecular weight excluding hydrogens is 218 g/mol. The summed E-state index contributed by atoms with van der Waals surface area (Å²) >= 11 is 1.13. The fourth-order valence-electron chi connectivity index (χ4n) is 1.05. The molecule has 1 rings (SSSR count). The highest BCUT2D eigenvalue weighted by molar-refractivity contribution is 7.99. The molecule has 0 aromatic heterocycles. The molecule has 0 aliphatic carbocycles. The normalized spacial score (nSPS) is 12.2. The van der Waals surface area contributed by atoms with Gasteiger partial charge in [-0.3, -0.25) is 16.0 Å². The molecule has 0 saturated carbocycles. The number of thioether (sulfide) groups is 1. The third kappa shape index (κ3) is 3.08. The average Bonchev–Trinajstić information content (AvgIpc) is 2.16. The van der Waals surface area contributed by atoms with Gasteiger partial charge in [-0.15, -0.1) is 0 Å². The zero-order chi connectivity index (χ0) is 11.4. The number of hydrazine groups is 1. The third-order valence-electron chi connectivity index (χ3n) is 1.63. The molecule has 0 aliphatic heterocycles. The molecule has 1 aromatic carbocycles. The molecule has 82 valence electrons. The topological polar surface area (TPSA) is 101 Å². The molecule has 15 heavy (non-hydrogen) atoms. The maximum Gasteiger partial charge on any atom is 0.294 e. The van der Waals surface area contributed by atoms with Crippen LogP contribution >= 0.6 is 11.8 Å². The fraction of sp³-hybridized carbons (Fsp3) is 0.250. The van der Waals surface area contributed by atoms with Gasteiger partial charge < -0.3 is 10.5 Å². The van der Waals surface area contributed by atoms with Crippen LogP contribution in [0.3, 0.4) is 0 Å². The minimum atomic E-state index is -0.610. The lowest BCUT2D eigenvalue weighted by Gasteiger charge is -2.06. The number of nitrogens with one attached hydrogen (secondary N) is 1. The molecule has 0 radical (unpaired) electrons. The van der Waals surface area contributed by atoms with Gasteiger partial charge in [0.1, 0.15) is 11.1 Å². The van der Waals surface area contributed by atoms with E-state index in [4.69, 9.17) is 10.9 Å². The minimum absolute atomic E-state index is 0.108. The Labute approximate surface area is 90.6 Å². The fourth-order valence-corrected chi connectivity index (χ4v) is 1.77. The zero-order valence-corrected chi connectivity index (χ0v) is 8.82. The third-order valence-corrected chi connectivity index (χ3v) is 2.50. The summed E-state index contributed by atoms with van der Waals surface area (Å²) in [6.45, 7) is 1.59. The first-order chi connectivity index (χ1) is 7.04. The van der Waals surface area contributed by atoms with Gasteiger partial charge in [-0.25, -0.2) is 0 Å². The monoisotopic (exact) mass is 229 g/mol. The van der Waals surface area contributed by atoms with Crippen molar-refractivity contribution in [3.8, 4) is 0 Å². The van der Waals surface area contributed by atoms with E-state index >= 15 is 0 Å². The van der Waals surface area contributed by atoms with E-state index in [1.54, 1.807) is 13.0 Å². The van der Waals surface area contributed by atoms with Crippen LogP contribution in [0.15, 0.2) is 23.1 Å². The summed E-state index contributed by atoms with van der Waals surface area (Å²) in [4.78, 5) is 10.8. The Kier molecular flexibility index (Phi) is 3.89. The summed E-state index contributed by atoms with van der Waals surface area (Å²) < 4.78 is 0. The van der Waals surface area contributed by atoms with E-state index in [0.717, 1.165) is 11.8 Å². The van der Waals surface area contributed by atoms with Gasteiger partial charge in [0.2, 0.25) is 0 Å². The average molecular weight is 229 g/mol. The van der Waals surface area contributed by atoms with Crippen molar-refractivity contribution in [1.29, 1.82) is 0 Å². The van der Waals surface area contributed by atoms with Crippen LogP contribution in [0, 0.1) is 10.1 Å². The summed E-state index contributed by atoms with van der Waals surface area (Å²) in [6.07, 6.45) is 0. The summed E-state index contributed by atoms with van der Waals surface area (Å²) in [5, 5.41) is 19.8. The number of nitrogen functional groups attached to an aromatic ring is 1. The van der Waals surface area contributed by atoms with Crippen molar-refractivity contribution >= 4 is 23.1 Å². The number of nitrogens with two attached hydrogens (primary N) is 1. The summed E-state index contributed by atoms with van der Waals surface area (Å²) in [6, 6.07) is 4.52. The Morgan fingerprint density at radius 3 is 2.80 bits per heavy atom. The molecule has 0 heterocycles. The van der Waals surface area contributed by atoms with Crippen LogP contribution in [0.25, 0.3) is 0 Å². The first-order valence-corrected chi connectivity index (χ1v) is 5.02. The Bertz CT molecular complexity index is 370. The number of aliphatic hydroxyl groups excluding tert-OH is 1. The van der Waals surface area contributed by atoms with E-state index in [2.05, 4.69) is 5.43 Å². The quantitative estimate of drug-likeness (QED) is 0.236. The number of hydrogen-bond donors (Lipinski definition) is 3. The Morgan fingerprint density at radius 1 is 1.67 bits per heavy atom. The van der Waals surface area contributed by atoms with Crippen molar-refractivity contribution in [3.05, 3.63) is 28.3 Å². The highest BCUT2D eigenvalue weighted by Crippen LogP contribution is 2.30. The maximum atomic E-state index is 10.7. The van der Waals surface area contributed by atoms with E-state index in [-0.39, 0.29) is 11.4 Å². The maximum absolute atomic E-state index is 10.7. The van der Waals surface area contributed by atoms with Crippen molar-refractivity contribution in [2.45, 2.75) is 17.3 Å². The molecule has 0 aliphatic rings. The van der Waals surface area contributed by atoms with Crippen LogP contribution in [0.2, 0.25) is 0 Å². The number of anilines is 1. The number of nitro groups is 1. The van der Waals surface area contributed by atoms with E-state index in [1.807, 2.05) is 0 Å². The van der Waals surface area contributed by atoms with E-state index < -0.39 is 10.4 Å². The molecule has 1 atom stereocenters. The molecule has 4 N–H and O–H groups in total. The summed E-state index contributed by atoms with van der Waals surface area (Å²) in [5.74, 6) is 5.13. The number of benzene rings is 1. The van der Waals surface area contributed by atoms with Gasteiger partial charge in [-0.05, 0) is 19.1 Å². The van der Waals surface area contributed by atoms with Gasteiger partial charge in [0.15, 0.2) is 0 Å². The summed E-state index contributed by atoms with van der Waals surface area (Å²) in [5.41, 5.74) is 1.77. The molecule has 1 aromatic rings. The SMILES string of the molecule is CC(O)Sc1ccc(NN)c([N+](=O)[O-])c1. The van der Waals surface area contributed by atoms with Gasteiger partial charge in [0.05, 0.1) is 4.92 Å². The first-order valence-electron chi connectivity index (χ1n) is 4.14. The first kappa shape index (κ1) is 11.8. The molecule has 0 saturated heterocycles. The molecule has 1 unspecified atom stereocenters. The summed E-state index contributed by atoms with van der Waals surface area (Å²) in [7, 11) is 0.